The van der Waals surface area contributed by atoms with Gasteiger partial charge in [0.05, 0.1) is 21.4 Å². The fourth-order valence-corrected chi connectivity index (χ4v) is 2.16. The summed E-state index contributed by atoms with van der Waals surface area (Å²) in [6.07, 6.45) is 0. The van der Waals surface area contributed by atoms with E-state index in [1.165, 1.54) is 4.68 Å². The molecule has 0 aliphatic rings. The molecule has 0 saturated carbocycles. The number of rotatable bonds is 2. The number of nitrogens with two attached hydrogens (primary N) is 1. The first-order valence-corrected chi connectivity index (χ1v) is 6.20. The molecule has 0 atom stereocenters. The van der Waals surface area contributed by atoms with Crippen LogP contribution in [0.25, 0.3) is 0 Å². The quantitative estimate of drug-likeness (QED) is 0.837. The van der Waals surface area contributed by atoms with E-state index in [9.17, 15) is 4.79 Å². The average Bonchev–Trinajstić information content (AvgIpc) is 2.65. The number of halogens is 2. The van der Waals surface area contributed by atoms with Crippen molar-refractivity contribution in [3.8, 4) is 0 Å². The van der Waals surface area contributed by atoms with Crippen molar-refractivity contribution in [1.82, 2.24) is 9.78 Å². The van der Waals surface area contributed by atoms with E-state index in [0.717, 1.165) is 5.69 Å². The fraction of sp³-hybridized carbons (Fsp3) is 0.167. The third-order valence-corrected chi connectivity index (χ3v) is 3.20. The molecule has 0 aliphatic heterocycles. The van der Waals surface area contributed by atoms with Crippen LogP contribution in [-0.4, -0.2) is 15.7 Å². The van der Waals surface area contributed by atoms with Crippen molar-refractivity contribution in [2.75, 3.05) is 11.1 Å². The number of benzene rings is 1. The summed E-state index contributed by atoms with van der Waals surface area (Å²) in [4.78, 5) is 12.1. The molecule has 100 valence electrons. The van der Waals surface area contributed by atoms with Crippen LogP contribution in [-0.2, 0) is 7.05 Å². The molecule has 2 aromatic rings. The smallest absolute Gasteiger partial charge is 0.273 e. The van der Waals surface area contributed by atoms with Crippen molar-refractivity contribution in [1.29, 1.82) is 0 Å². The zero-order valence-corrected chi connectivity index (χ0v) is 11.9. The molecule has 1 amide bonds. The Balaban J connectivity index is 2.27. The molecule has 0 unspecified atom stereocenters. The van der Waals surface area contributed by atoms with Crippen molar-refractivity contribution >= 4 is 40.5 Å². The molecule has 7 heteroatoms. The standard InChI is InChI=1S/C12H12Cl2N4O/c1-6-3-10(18(2)17-6)12(19)16-7-4-8(13)11(15)9(14)5-7/h3-5H,15H2,1-2H3,(H,16,19). The second-order valence-electron chi connectivity index (χ2n) is 4.10. The molecule has 2 rings (SSSR count). The lowest BCUT2D eigenvalue weighted by Gasteiger charge is -2.08. The van der Waals surface area contributed by atoms with E-state index >= 15 is 0 Å². The lowest BCUT2D eigenvalue weighted by molar-refractivity contribution is 0.101. The van der Waals surface area contributed by atoms with Gasteiger partial charge in [-0.1, -0.05) is 23.2 Å². The molecule has 1 aromatic carbocycles. The van der Waals surface area contributed by atoms with Crippen molar-refractivity contribution in [2.24, 2.45) is 7.05 Å². The van der Waals surface area contributed by atoms with Crippen LogP contribution in [0.3, 0.4) is 0 Å². The Bertz CT molecular complexity index is 628. The molecule has 3 N–H and O–H groups in total. The number of anilines is 2. The van der Waals surface area contributed by atoms with Crippen LogP contribution >= 0.6 is 23.2 Å². The minimum atomic E-state index is -0.292. The molecule has 0 fully saturated rings. The molecule has 19 heavy (non-hydrogen) atoms. The lowest BCUT2D eigenvalue weighted by Crippen LogP contribution is -2.16. The summed E-state index contributed by atoms with van der Waals surface area (Å²) in [6, 6.07) is 4.78. The monoisotopic (exact) mass is 298 g/mol. The van der Waals surface area contributed by atoms with Gasteiger partial charge in [-0.05, 0) is 25.1 Å². The first-order valence-electron chi connectivity index (χ1n) is 5.45. The number of hydrogen-bond donors (Lipinski definition) is 2. The summed E-state index contributed by atoms with van der Waals surface area (Å²) in [5.74, 6) is -0.292. The molecule has 0 saturated heterocycles. The van der Waals surface area contributed by atoms with E-state index in [4.69, 9.17) is 28.9 Å². The van der Waals surface area contributed by atoms with Crippen LogP contribution in [0.15, 0.2) is 18.2 Å². The van der Waals surface area contributed by atoms with Crippen LogP contribution in [0.4, 0.5) is 11.4 Å². The Morgan fingerprint density at radius 1 is 1.32 bits per heavy atom. The Kier molecular flexibility index (Phi) is 3.68. The van der Waals surface area contributed by atoms with Gasteiger partial charge < -0.3 is 11.1 Å². The predicted octanol–water partition coefficient (Wildman–Crippen LogP) is 2.87. The van der Waals surface area contributed by atoms with Crippen LogP contribution in [0.1, 0.15) is 16.2 Å². The van der Waals surface area contributed by atoms with E-state index in [1.54, 1.807) is 25.2 Å². The molecule has 1 heterocycles. The minimum absolute atomic E-state index is 0.290. The summed E-state index contributed by atoms with van der Waals surface area (Å²) < 4.78 is 1.51. The van der Waals surface area contributed by atoms with Crippen molar-refractivity contribution < 1.29 is 4.79 Å². The number of amides is 1. The SMILES string of the molecule is Cc1cc(C(=O)Nc2cc(Cl)c(N)c(Cl)c2)n(C)n1. The molecule has 0 spiro atoms. The number of nitrogen functional groups attached to an aromatic ring is 1. The number of aryl methyl sites for hydroxylation is 2. The number of nitrogens with one attached hydrogen (secondary N) is 1. The number of carbonyl (C=O) groups is 1. The van der Waals surface area contributed by atoms with Gasteiger partial charge in [0.25, 0.3) is 5.91 Å². The molecule has 0 radical (unpaired) electrons. The van der Waals surface area contributed by atoms with Gasteiger partial charge in [0.15, 0.2) is 0 Å². The first-order chi connectivity index (χ1) is 8.88. The molecule has 0 bridgehead atoms. The van der Waals surface area contributed by atoms with Gasteiger partial charge in [0.1, 0.15) is 5.69 Å². The second-order valence-corrected chi connectivity index (χ2v) is 4.92. The van der Waals surface area contributed by atoms with Crippen molar-refractivity contribution in [3.05, 3.63) is 39.6 Å². The molecule has 0 aliphatic carbocycles. The molecular formula is C12H12Cl2N4O. The summed E-state index contributed by atoms with van der Waals surface area (Å²) >= 11 is 11.8. The lowest BCUT2D eigenvalue weighted by atomic mass is 10.2. The van der Waals surface area contributed by atoms with Gasteiger partial charge >= 0.3 is 0 Å². The maximum absolute atomic E-state index is 12.1. The zero-order valence-electron chi connectivity index (χ0n) is 10.4. The Hall–Kier alpha value is -1.72. The highest BCUT2D eigenvalue weighted by Crippen LogP contribution is 2.31. The highest BCUT2D eigenvalue weighted by Gasteiger charge is 2.13. The van der Waals surface area contributed by atoms with Crippen LogP contribution in [0.5, 0.6) is 0 Å². The second kappa shape index (κ2) is 5.11. The largest absolute Gasteiger partial charge is 0.396 e. The Morgan fingerprint density at radius 2 is 1.89 bits per heavy atom. The van der Waals surface area contributed by atoms with Crippen LogP contribution in [0, 0.1) is 6.92 Å². The average molecular weight is 299 g/mol. The third-order valence-electron chi connectivity index (χ3n) is 2.57. The van der Waals surface area contributed by atoms with Gasteiger partial charge in [-0.2, -0.15) is 5.10 Å². The predicted molar refractivity (Wildman–Crippen MR) is 76.8 cm³/mol. The van der Waals surface area contributed by atoms with E-state index in [0.29, 0.717) is 21.4 Å². The maximum Gasteiger partial charge on any atom is 0.273 e. The van der Waals surface area contributed by atoms with Gasteiger partial charge in [0, 0.05) is 12.7 Å². The summed E-state index contributed by atoms with van der Waals surface area (Å²) in [7, 11) is 1.70. The van der Waals surface area contributed by atoms with Crippen molar-refractivity contribution in [2.45, 2.75) is 6.92 Å². The van der Waals surface area contributed by atoms with E-state index < -0.39 is 0 Å². The maximum atomic E-state index is 12.1. The molecule has 1 aromatic heterocycles. The Morgan fingerprint density at radius 3 is 2.37 bits per heavy atom. The number of aromatic nitrogens is 2. The topological polar surface area (TPSA) is 72.9 Å². The van der Waals surface area contributed by atoms with Gasteiger partial charge in [-0.3, -0.25) is 9.48 Å². The first kappa shape index (κ1) is 13.7. The summed E-state index contributed by atoms with van der Waals surface area (Å²) in [5, 5.41) is 7.39. The third kappa shape index (κ3) is 2.83. The van der Waals surface area contributed by atoms with Gasteiger partial charge in [-0.15, -0.1) is 0 Å². The highest BCUT2D eigenvalue weighted by molar-refractivity contribution is 6.39. The molecule has 5 nitrogen and oxygen atoms in total. The summed E-state index contributed by atoms with van der Waals surface area (Å²) in [6.45, 7) is 1.81. The number of hydrogen-bond acceptors (Lipinski definition) is 3. The number of nitrogens with zero attached hydrogens (tertiary/aromatic N) is 2. The normalized spacial score (nSPS) is 10.5. The highest BCUT2D eigenvalue weighted by atomic mass is 35.5. The minimum Gasteiger partial charge on any atom is -0.396 e. The zero-order chi connectivity index (χ0) is 14.2. The van der Waals surface area contributed by atoms with E-state index in [-0.39, 0.29) is 11.6 Å². The van der Waals surface area contributed by atoms with Crippen LogP contribution in [0.2, 0.25) is 10.0 Å². The van der Waals surface area contributed by atoms with Crippen LogP contribution < -0.4 is 11.1 Å². The fourth-order valence-electron chi connectivity index (χ4n) is 1.67. The van der Waals surface area contributed by atoms with E-state index in [1.807, 2.05) is 6.92 Å². The summed E-state index contributed by atoms with van der Waals surface area (Å²) in [5.41, 5.74) is 7.61. The van der Waals surface area contributed by atoms with E-state index in [2.05, 4.69) is 10.4 Å². The van der Waals surface area contributed by atoms with Gasteiger partial charge in [-0.25, -0.2) is 0 Å². The molecular weight excluding hydrogens is 287 g/mol. The van der Waals surface area contributed by atoms with Gasteiger partial charge in [0.2, 0.25) is 0 Å². The van der Waals surface area contributed by atoms with Crippen molar-refractivity contribution in [3.63, 3.8) is 0 Å². The number of carbonyl (C=O) groups excluding carboxylic acids is 1. The Labute approximate surface area is 120 Å².